The molecule has 5 nitrogen and oxygen atoms in total. The zero-order valence-corrected chi connectivity index (χ0v) is 16.5. The monoisotopic (exact) mass is 413 g/mol. The number of ether oxygens (including phenoxy) is 2. The van der Waals surface area contributed by atoms with Crippen LogP contribution in [0, 0.1) is 12.3 Å². The van der Waals surface area contributed by atoms with Gasteiger partial charge in [0.1, 0.15) is 6.61 Å². The van der Waals surface area contributed by atoms with Crippen LogP contribution in [-0.2, 0) is 11.3 Å². The molecule has 1 aliphatic rings. The van der Waals surface area contributed by atoms with Gasteiger partial charge < -0.3 is 9.47 Å². The van der Waals surface area contributed by atoms with Crippen LogP contribution in [0.25, 0.3) is 6.08 Å². The summed E-state index contributed by atoms with van der Waals surface area (Å²) in [6, 6.07) is 12.3. The first-order valence-corrected chi connectivity index (χ1v) is 9.46. The smallest absolute Gasteiger partial charge is 0.293 e. The third kappa shape index (κ3) is 4.33. The van der Waals surface area contributed by atoms with E-state index in [1.165, 1.54) is 12.0 Å². The van der Waals surface area contributed by atoms with Gasteiger partial charge >= 0.3 is 0 Å². The van der Waals surface area contributed by atoms with Crippen LogP contribution in [0.15, 0.2) is 47.4 Å². The number of nitrogens with zero attached hydrogens (tertiary/aromatic N) is 1. The van der Waals surface area contributed by atoms with Gasteiger partial charge in [-0.3, -0.25) is 14.5 Å². The molecule has 3 rings (SSSR count). The van der Waals surface area contributed by atoms with Crippen molar-refractivity contribution >= 4 is 40.6 Å². The number of terminal acetylenes is 1. The number of carbonyl (C=O) groups is 2. The number of halogens is 1. The Morgan fingerprint density at radius 2 is 2.00 bits per heavy atom. The van der Waals surface area contributed by atoms with Gasteiger partial charge in [-0.1, -0.05) is 41.8 Å². The van der Waals surface area contributed by atoms with E-state index in [0.29, 0.717) is 32.6 Å². The first kappa shape index (κ1) is 19.9. The van der Waals surface area contributed by atoms with Crippen molar-refractivity contribution in [2.45, 2.75) is 6.54 Å². The van der Waals surface area contributed by atoms with Crippen molar-refractivity contribution < 1.29 is 19.1 Å². The Kier molecular flexibility index (Phi) is 6.30. The molecule has 2 amide bonds. The second-order valence-electron chi connectivity index (χ2n) is 5.76. The minimum Gasteiger partial charge on any atom is -0.493 e. The lowest BCUT2D eigenvalue weighted by atomic mass is 10.1. The maximum absolute atomic E-state index is 12.7. The molecule has 2 aromatic rings. The highest BCUT2D eigenvalue weighted by Gasteiger charge is 2.35. The molecular weight excluding hydrogens is 398 g/mol. The van der Waals surface area contributed by atoms with Crippen molar-refractivity contribution in [3.8, 4) is 23.8 Å². The Labute approximate surface area is 172 Å². The zero-order chi connectivity index (χ0) is 20.1. The molecule has 1 aliphatic heterocycles. The van der Waals surface area contributed by atoms with E-state index in [0.717, 1.165) is 11.8 Å². The Hall–Kier alpha value is -2.88. The van der Waals surface area contributed by atoms with Crippen LogP contribution in [0.4, 0.5) is 4.79 Å². The van der Waals surface area contributed by atoms with Crippen molar-refractivity contribution in [1.82, 2.24) is 4.90 Å². The average Bonchev–Trinajstić information content (AvgIpc) is 2.95. The van der Waals surface area contributed by atoms with Gasteiger partial charge in [0.25, 0.3) is 11.1 Å². The molecule has 0 aromatic heterocycles. The van der Waals surface area contributed by atoms with Gasteiger partial charge in [0.2, 0.25) is 0 Å². The fraction of sp³-hybridized carbons (Fsp3) is 0.143. The van der Waals surface area contributed by atoms with Gasteiger partial charge in [-0.15, -0.1) is 6.42 Å². The van der Waals surface area contributed by atoms with E-state index < -0.39 is 0 Å². The summed E-state index contributed by atoms with van der Waals surface area (Å²) >= 11 is 7.03. The summed E-state index contributed by atoms with van der Waals surface area (Å²) < 4.78 is 10.7. The van der Waals surface area contributed by atoms with Crippen molar-refractivity contribution in [2.24, 2.45) is 0 Å². The Balaban J connectivity index is 1.81. The van der Waals surface area contributed by atoms with Gasteiger partial charge in [-0.25, -0.2) is 0 Å². The number of imide groups is 1. The van der Waals surface area contributed by atoms with E-state index in [4.69, 9.17) is 27.5 Å². The maximum atomic E-state index is 12.7. The van der Waals surface area contributed by atoms with Crippen LogP contribution in [0.1, 0.15) is 11.1 Å². The van der Waals surface area contributed by atoms with Gasteiger partial charge in [-0.05, 0) is 47.2 Å². The molecule has 0 aliphatic carbocycles. The molecule has 0 unspecified atom stereocenters. The summed E-state index contributed by atoms with van der Waals surface area (Å²) in [7, 11) is 1.51. The van der Waals surface area contributed by atoms with Crippen LogP contribution >= 0.6 is 23.4 Å². The zero-order valence-electron chi connectivity index (χ0n) is 15.0. The SMILES string of the molecule is C#CCOc1ccc(C=C2SC(=O)N(Cc3ccccc3Cl)C2=O)cc1OC. The minimum atomic E-state index is -0.360. The van der Waals surface area contributed by atoms with E-state index in [1.54, 1.807) is 42.5 Å². The molecule has 0 N–H and O–H groups in total. The second kappa shape index (κ2) is 8.87. The van der Waals surface area contributed by atoms with E-state index in [-0.39, 0.29) is 24.3 Å². The average molecular weight is 414 g/mol. The van der Waals surface area contributed by atoms with Gasteiger partial charge in [0, 0.05) is 5.02 Å². The standard InChI is InChI=1S/C21H16ClNO4S/c1-3-10-27-17-9-8-14(11-18(17)26-2)12-19-20(24)23(21(25)28-19)13-15-6-4-5-7-16(15)22/h1,4-9,11-12H,10,13H2,2H3. The predicted octanol–water partition coefficient (Wildman–Crippen LogP) is 4.60. The van der Waals surface area contributed by atoms with Gasteiger partial charge in [0.05, 0.1) is 18.6 Å². The molecule has 1 saturated heterocycles. The summed E-state index contributed by atoms with van der Waals surface area (Å²) in [4.78, 5) is 26.5. The summed E-state index contributed by atoms with van der Waals surface area (Å²) in [6.45, 7) is 0.251. The molecule has 0 radical (unpaired) electrons. The third-order valence-corrected chi connectivity index (χ3v) is 5.23. The summed E-state index contributed by atoms with van der Waals surface area (Å²) in [5.74, 6) is 3.02. The van der Waals surface area contributed by atoms with Gasteiger partial charge in [0.15, 0.2) is 11.5 Å². The lowest BCUT2D eigenvalue weighted by Crippen LogP contribution is -2.27. The molecule has 7 heteroatoms. The fourth-order valence-corrected chi connectivity index (χ4v) is 3.63. The largest absolute Gasteiger partial charge is 0.493 e. The lowest BCUT2D eigenvalue weighted by molar-refractivity contribution is -0.123. The molecule has 1 heterocycles. The second-order valence-corrected chi connectivity index (χ2v) is 7.16. The highest BCUT2D eigenvalue weighted by atomic mass is 35.5. The van der Waals surface area contributed by atoms with Crippen LogP contribution in [0.2, 0.25) is 5.02 Å². The fourth-order valence-electron chi connectivity index (χ4n) is 2.60. The first-order valence-electron chi connectivity index (χ1n) is 8.26. The molecule has 0 saturated carbocycles. The molecule has 0 atom stereocenters. The van der Waals surface area contributed by atoms with E-state index >= 15 is 0 Å². The van der Waals surface area contributed by atoms with Crippen molar-refractivity contribution in [3.05, 3.63) is 63.5 Å². The quantitative estimate of drug-likeness (QED) is 0.511. The van der Waals surface area contributed by atoms with Crippen molar-refractivity contribution in [3.63, 3.8) is 0 Å². The number of hydrogen-bond donors (Lipinski definition) is 0. The Morgan fingerprint density at radius 1 is 1.21 bits per heavy atom. The van der Waals surface area contributed by atoms with Gasteiger partial charge in [-0.2, -0.15) is 0 Å². The maximum Gasteiger partial charge on any atom is 0.293 e. The molecular formula is C21H16ClNO4S. The molecule has 2 aromatic carbocycles. The van der Waals surface area contributed by atoms with Crippen molar-refractivity contribution in [2.75, 3.05) is 13.7 Å². The summed E-state index contributed by atoms with van der Waals surface area (Å²) in [6.07, 6.45) is 6.85. The first-order chi connectivity index (χ1) is 13.5. The van der Waals surface area contributed by atoms with Crippen LogP contribution < -0.4 is 9.47 Å². The number of hydrogen-bond acceptors (Lipinski definition) is 5. The number of amides is 2. The van der Waals surface area contributed by atoms with Crippen LogP contribution in [0.5, 0.6) is 11.5 Å². The Bertz CT molecular complexity index is 996. The number of benzene rings is 2. The predicted molar refractivity (Wildman–Crippen MR) is 110 cm³/mol. The van der Waals surface area contributed by atoms with Crippen molar-refractivity contribution in [1.29, 1.82) is 0 Å². The molecule has 28 heavy (non-hydrogen) atoms. The molecule has 0 spiro atoms. The number of thioether (sulfide) groups is 1. The third-order valence-electron chi connectivity index (χ3n) is 3.96. The molecule has 0 bridgehead atoms. The molecule has 142 valence electrons. The number of methoxy groups -OCH3 is 1. The Morgan fingerprint density at radius 3 is 2.71 bits per heavy atom. The number of rotatable bonds is 6. The topological polar surface area (TPSA) is 55.8 Å². The highest BCUT2D eigenvalue weighted by molar-refractivity contribution is 8.18. The van der Waals surface area contributed by atoms with E-state index in [1.807, 2.05) is 6.07 Å². The highest BCUT2D eigenvalue weighted by Crippen LogP contribution is 2.35. The molecule has 1 fully saturated rings. The van der Waals surface area contributed by atoms with Crippen LogP contribution in [0.3, 0.4) is 0 Å². The minimum absolute atomic E-state index is 0.122. The number of carbonyl (C=O) groups excluding carboxylic acids is 2. The summed E-state index contributed by atoms with van der Waals surface area (Å²) in [5, 5.41) is 0.176. The summed E-state index contributed by atoms with van der Waals surface area (Å²) in [5.41, 5.74) is 1.41. The van der Waals surface area contributed by atoms with E-state index in [2.05, 4.69) is 5.92 Å². The normalized spacial score (nSPS) is 15.0. The van der Waals surface area contributed by atoms with Crippen LogP contribution in [-0.4, -0.2) is 29.8 Å². The lowest BCUT2D eigenvalue weighted by Gasteiger charge is -2.13. The van der Waals surface area contributed by atoms with E-state index in [9.17, 15) is 9.59 Å².